The molecule has 5 heteroatoms. The number of nitrogens with zero attached hydrogens (tertiary/aromatic N) is 1. The first-order valence-corrected chi connectivity index (χ1v) is 8.01. The first kappa shape index (κ1) is 15.6. The molecule has 0 atom stereocenters. The first-order valence-electron chi connectivity index (χ1n) is 8.01. The van der Waals surface area contributed by atoms with Crippen LogP contribution in [-0.2, 0) is 17.9 Å². The van der Waals surface area contributed by atoms with E-state index in [1.54, 1.807) is 12.3 Å². The van der Waals surface area contributed by atoms with Crippen LogP contribution in [0, 0.1) is 5.92 Å². The van der Waals surface area contributed by atoms with Gasteiger partial charge in [0, 0.05) is 18.0 Å². The van der Waals surface area contributed by atoms with Crippen molar-refractivity contribution in [3.05, 3.63) is 54.0 Å². The molecule has 0 unspecified atom stereocenters. The van der Waals surface area contributed by atoms with Crippen molar-refractivity contribution in [1.82, 2.24) is 10.2 Å². The maximum Gasteiger partial charge on any atom is 0.223 e. The third-order valence-corrected chi connectivity index (χ3v) is 4.36. The average molecular weight is 314 g/mol. The predicted molar refractivity (Wildman–Crippen MR) is 86.7 cm³/mol. The van der Waals surface area contributed by atoms with Gasteiger partial charge in [0.15, 0.2) is 0 Å². The lowest BCUT2D eigenvalue weighted by Crippen LogP contribution is -2.40. The molecule has 0 spiro atoms. The van der Waals surface area contributed by atoms with Crippen LogP contribution in [0.4, 0.5) is 0 Å². The summed E-state index contributed by atoms with van der Waals surface area (Å²) in [5.41, 5.74) is 0.938. The summed E-state index contributed by atoms with van der Waals surface area (Å²) < 4.78 is 5.22. The van der Waals surface area contributed by atoms with E-state index >= 15 is 0 Å². The molecule has 2 N–H and O–H groups in total. The van der Waals surface area contributed by atoms with E-state index < -0.39 is 0 Å². The van der Waals surface area contributed by atoms with Crippen LogP contribution in [0.5, 0.6) is 5.75 Å². The van der Waals surface area contributed by atoms with Crippen molar-refractivity contribution in [3.8, 4) is 5.75 Å². The van der Waals surface area contributed by atoms with Crippen molar-refractivity contribution < 1.29 is 14.3 Å². The van der Waals surface area contributed by atoms with E-state index in [-0.39, 0.29) is 11.8 Å². The Kier molecular flexibility index (Phi) is 4.98. The number of carbonyl (C=O) groups is 1. The molecule has 1 aromatic carbocycles. The van der Waals surface area contributed by atoms with Crippen molar-refractivity contribution >= 4 is 5.91 Å². The van der Waals surface area contributed by atoms with Gasteiger partial charge in [-0.15, -0.1) is 0 Å². The van der Waals surface area contributed by atoms with Crippen LogP contribution in [0.3, 0.4) is 0 Å². The Hall–Kier alpha value is -2.27. The molecule has 0 bridgehead atoms. The van der Waals surface area contributed by atoms with E-state index in [2.05, 4.69) is 10.2 Å². The molecule has 5 nitrogen and oxygen atoms in total. The highest BCUT2D eigenvalue weighted by atomic mass is 16.3. The molecule has 1 aliphatic rings. The normalized spacial score (nSPS) is 16.3. The molecule has 1 aromatic heterocycles. The topological polar surface area (TPSA) is 65.7 Å². The lowest BCUT2D eigenvalue weighted by Gasteiger charge is -2.31. The second kappa shape index (κ2) is 7.33. The lowest BCUT2D eigenvalue weighted by atomic mass is 9.95. The summed E-state index contributed by atoms with van der Waals surface area (Å²) in [6, 6.07) is 11.1. The number of piperidine rings is 1. The third-order valence-electron chi connectivity index (χ3n) is 4.36. The average Bonchev–Trinajstić information content (AvgIpc) is 3.09. The second-order valence-corrected chi connectivity index (χ2v) is 5.98. The van der Waals surface area contributed by atoms with Crippen molar-refractivity contribution in [1.29, 1.82) is 0 Å². The van der Waals surface area contributed by atoms with Crippen molar-refractivity contribution in [2.45, 2.75) is 25.9 Å². The van der Waals surface area contributed by atoms with Crippen LogP contribution in [0.25, 0.3) is 0 Å². The fraction of sp³-hybridized carbons (Fsp3) is 0.389. The number of phenolic OH excluding ortho intramolecular Hbond substituents is 1. The Balaban J connectivity index is 1.44. The minimum Gasteiger partial charge on any atom is -0.508 e. The molecule has 1 fully saturated rings. The zero-order chi connectivity index (χ0) is 16.1. The summed E-state index contributed by atoms with van der Waals surface area (Å²) in [4.78, 5) is 14.5. The molecule has 3 rings (SSSR count). The number of para-hydroxylation sites is 1. The van der Waals surface area contributed by atoms with Gasteiger partial charge in [0.25, 0.3) is 0 Å². The van der Waals surface area contributed by atoms with Gasteiger partial charge in [-0.05, 0) is 44.1 Å². The smallest absolute Gasteiger partial charge is 0.223 e. The van der Waals surface area contributed by atoms with E-state index in [1.165, 1.54) is 0 Å². The van der Waals surface area contributed by atoms with E-state index in [9.17, 15) is 9.90 Å². The minimum absolute atomic E-state index is 0.0607. The highest BCUT2D eigenvalue weighted by Gasteiger charge is 2.25. The summed E-state index contributed by atoms with van der Waals surface area (Å²) in [6.07, 6.45) is 3.30. The van der Waals surface area contributed by atoms with Gasteiger partial charge < -0.3 is 14.8 Å². The number of amides is 1. The number of likely N-dealkylation sites (tertiary alicyclic amines) is 1. The summed E-state index contributed by atoms with van der Waals surface area (Å²) in [5.74, 6) is 1.27. The van der Waals surface area contributed by atoms with E-state index in [4.69, 9.17) is 4.42 Å². The van der Waals surface area contributed by atoms with Crippen molar-refractivity contribution in [3.63, 3.8) is 0 Å². The van der Waals surface area contributed by atoms with Crippen molar-refractivity contribution in [2.24, 2.45) is 5.92 Å². The van der Waals surface area contributed by atoms with Crippen LogP contribution in [-0.4, -0.2) is 29.0 Å². The van der Waals surface area contributed by atoms with Gasteiger partial charge in [-0.1, -0.05) is 18.2 Å². The number of phenols is 1. The van der Waals surface area contributed by atoms with E-state index in [1.807, 2.05) is 30.3 Å². The molecule has 2 aromatic rings. The molecule has 23 heavy (non-hydrogen) atoms. The lowest BCUT2D eigenvalue weighted by molar-refractivity contribution is -0.126. The monoisotopic (exact) mass is 314 g/mol. The molecule has 0 aliphatic carbocycles. The second-order valence-electron chi connectivity index (χ2n) is 5.98. The first-order chi connectivity index (χ1) is 11.2. The maximum atomic E-state index is 12.2. The SMILES string of the molecule is O=C(NCc1ccco1)C1CCN(Cc2ccccc2O)CC1. The van der Waals surface area contributed by atoms with Gasteiger partial charge >= 0.3 is 0 Å². The molecule has 0 radical (unpaired) electrons. The van der Waals surface area contributed by atoms with Gasteiger partial charge in [-0.25, -0.2) is 0 Å². The number of carbonyl (C=O) groups excluding carboxylic acids is 1. The zero-order valence-corrected chi connectivity index (χ0v) is 13.1. The van der Waals surface area contributed by atoms with Crippen LogP contribution in [0.15, 0.2) is 47.1 Å². The Bertz CT molecular complexity index is 631. The van der Waals surface area contributed by atoms with Crippen LogP contribution >= 0.6 is 0 Å². The molecule has 122 valence electrons. The van der Waals surface area contributed by atoms with Gasteiger partial charge in [0.1, 0.15) is 11.5 Å². The number of nitrogens with one attached hydrogen (secondary N) is 1. The van der Waals surface area contributed by atoms with Gasteiger partial charge in [0.2, 0.25) is 5.91 Å². The number of rotatable bonds is 5. The molecule has 1 amide bonds. The van der Waals surface area contributed by atoms with Crippen LogP contribution < -0.4 is 5.32 Å². The summed E-state index contributed by atoms with van der Waals surface area (Å²) in [7, 11) is 0. The largest absolute Gasteiger partial charge is 0.508 e. The molecular weight excluding hydrogens is 292 g/mol. The third kappa shape index (κ3) is 4.13. The molecule has 2 heterocycles. The molecular formula is C18H22N2O3. The van der Waals surface area contributed by atoms with Crippen molar-refractivity contribution in [2.75, 3.05) is 13.1 Å². The van der Waals surface area contributed by atoms with Gasteiger partial charge in [-0.3, -0.25) is 9.69 Å². The Morgan fingerprint density at radius 2 is 2.00 bits per heavy atom. The van der Waals surface area contributed by atoms with Crippen LogP contribution in [0.1, 0.15) is 24.2 Å². The Labute approximate surface area is 135 Å². The summed E-state index contributed by atoms with van der Waals surface area (Å²) >= 11 is 0. The standard InChI is InChI=1S/C18H22N2O3/c21-17-6-2-1-4-15(17)13-20-9-7-14(8-10-20)18(22)19-12-16-5-3-11-23-16/h1-6,11,14,21H,7-10,12-13H2,(H,19,22). The molecule has 0 saturated carbocycles. The molecule has 1 saturated heterocycles. The predicted octanol–water partition coefficient (Wildman–Crippen LogP) is 2.51. The summed E-state index contributed by atoms with van der Waals surface area (Å²) in [5, 5.41) is 12.8. The fourth-order valence-electron chi connectivity index (χ4n) is 2.97. The summed E-state index contributed by atoms with van der Waals surface area (Å²) in [6.45, 7) is 2.91. The quantitative estimate of drug-likeness (QED) is 0.890. The number of furan rings is 1. The highest BCUT2D eigenvalue weighted by molar-refractivity contribution is 5.78. The Morgan fingerprint density at radius 1 is 1.22 bits per heavy atom. The van der Waals surface area contributed by atoms with Crippen LogP contribution in [0.2, 0.25) is 0 Å². The Morgan fingerprint density at radius 3 is 2.70 bits per heavy atom. The number of benzene rings is 1. The van der Waals surface area contributed by atoms with E-state index in [0.29, 0.717) is 12.3 Å². The number of aromatic hydroxyl groups is 1. The number of hydrogen-bond acceptors (Lipinski definition) is 4. The van der Waals surface area contributed by atoms with Gasteiger partial charge in [0.05, 0.1) is 12.8 Å². The van der Waals surface area contributed by atoms with Gasteiger partial charge in [-0.2, -0.15) is 0 Å². The number of hydrogen-bond donors (Lipinski definition) is 2. The zero-order valence-electron chi connectivity index (χ0n) is 13.1. The maximum absolute atomic E-state index is 12.2. The highest BCUT2D eigenvalue weighted by Crippen LogP contribution is 2.22. The fourth-order valence-corrected chi connectivity index (χ4v) is 2.97. The van der Waals surface area contributed by atoms with E-state index in [0.717, 1.165) is 43.8 Å². The minimum atomic E-state index is 0.0607. The molecule has 1 aliphatic heterocycles.